The summed E-state index contributed by atoms with van der Waals surface area (Å²) >= 11 is 0. The molecule has 6 heteroatoms. The second-order valence-electron chi connectivity index (χ2n) is 7.36. The van der Waals surface area contributed by atoms with Crippen LogP contribution in [0.4, 0.5) is 4.79 Å². The molecule has 0 saturated carbocycles. The molecule has 0 aliphatic carbocycles. The van der Waals surface area contributed by atoms with Crippen LogP contribution in [-0.2, 0) is 17.8 Å². The highest BCUT2D eigenvalue weighted by Gasteiger charge is 2.36. The van der Waals surface area contributed by atoms with Crippen LogP contribution in [-0.4, -0.2) is 33.6 Å². The van der Waals surface area contributed by atoms with Crippen molar-refractivity contribution in [3.05, 3.63) is 65.7 Å². The molecule has 2 aromatic carbocycles. The highest BCUT2D eigenvalue weighted by molar-refractivity contribution is 5.84. The predicted octanol–water partition coefficient (Wildman–Crippen LogP) is 3.44. The molecule has 1 atom stereocenters. The molecule has 6 nitrogen and oxygen atoms in total. The van der Waals surface area contributed by atoms with Crippen molar-refractivity contribution in [2.75, 3.05) is 0 Å². The quantitative estimate of drug-likeness (QED) is 0.781. The van der Waals surface area contributed by atoms with Crippen molar-refractivity contribution in [1.82, 2.24) is 4.90 Å². The van der Waals surface area contributed by atoms with E-state index in [9.17, 15) is 14.7 Å². The van der Waals surface area contributed by atoms with Crippen molar-refractivity contribution in [3.63, 3.8) is 0 Å². The molecule has 2 rings (SSSR count). The molecule has 144 valence electrons. The molecule has 0 radical (unpaired) electrons. The van der Waals surface area contributed by atoms with Crippen LogP contribution in [0.1, 0.15) is 31.9 Å². The van der Waals surface area contributed by atoms with Gasteiger partial charge in [-0.3, -0.25) is 9.69 Å². The summed E-state index contributed by atoms with van der Waals surface area (Å²) in [6.07, 6.45) is -0.966. The summed E-state index contributed by atoms with van der Waals surface area (Å²) in [6.45, 7) is 5.66. The van der Waals surface area contributed by atoms with E-state index in [4.69, 9.17) is 10.5 Å². The van der Waals surface area contributed by atoms with E-state index >= 15 is 0 Å². The zero-order valence-corrected chi connectivity index (χ0v) is 15.9. The molecule has 0 fully saturated rings. The number of rotatable bonds is 7. The highest BCUT2D eigenvalue weighted by atomic mass is 16.5. The molecule has 0 aliphatic heterocycles. The van der Waals surface area contributed by atoms with Gasteiger partial charge in [-0.15, -0.1) is 0 Å². The van der Waals surface area contributed by atoms with Gasteiger partial charge in [-0.1, -0.05) is 42.5 Å². The lowest BCUT2D eigenvalue weighted by Gasteiger charge is -2.38. The number of nitrogens with two attached hydrogens (primary N) is 1. The Balaban J connectivity index is 2.08. The maximum Gasteiger partial charge on any atom is 0.408 e. The molecular weight excluding hydrogens is 344 g/mol. The molecule has 2 amide bonds. The fourth-order valence-corrected chi connectivity index (χ4v) is 2.89. The van der Waals surface area contributed by atoms with Gasteiger partial charge in [-0.2, -0.15) is 0 Å². The van der Waals surface area contributed by atoms with Gasteiger partial charge in [-0.05, 0) is 44.0 Å². The van der Waals surface area contributed by atoms with Crippen molar-refractivity contribution >= 4 is 12.0 Å². The van der Waals surface area contributed by atoms with Gasteiger partial charge >= 0.3 is 6.09 Å². The first-order chi connectivity index (χ1) is 12.7. The Morgan fingerprint density at radius 3 is 2.11 bits per heavy atom. The number of amides is 2. The van der Waals surface area contributed by atoms with Crippen LogP contribution in [0.5, 0.6) is 5.75 Å². The lowest BCUT2D eigenvalue weighted by molar-refractivity contribution is -0.124. The minimum absolute atomic E-state index is 0.206. The standard InChI is InChI=1S/C21H26N2O4/c1-21(2,3)23(20(25)26)18(19(22)24)13-15-9-11-17(12-10-15)27-14-16-7-5-4-6-8-16/h4-12,18H,13-14H2,1-3H3,(H2,22,24)(H,25,26)/t18-/m0/s1. The maximum absolute atomic E-state index is 11.9. The van der Waals surface area contributed by atoms with E-state index < -0.39 is 23.6 Å². The van der Waals surface area contributed by atoms with Gasteiger partial charge in [-0.25, -0.2) is 4.79 Å². The lowest BCUT2D eigenvalue weighted by atomic mass is 9.98. The fourth-order valence-electron chi connectivity index (χ4n) is 2.89. The molecule has 0 saturated heterocycles. The van der Waals surface area contributed by atoms with Crippen LogP contribution < -0.4 is 10.5 Å². The SMILES string of the molecule is CC(C)(C)N(C(=O)O)[C@@H](Cc1ccc(OCc2ccccc2)cc1)C(N)=O. The third-order valence-electron chi connectivity index (χ3n) is 4.17. The fraction of sp³-hybridized carbons (Fsp3) is 0.333. The topological polar surface area (TPSA) is 92.9 Å². The Labute approximate surface area is 159 Å². The summed E-state index contributed by atoms with van der Waals surface area (Å²) in [5.74, 6) is 0.0286. The summed E-state index contributed by atoms with van der Waals surface area (Å²) < 4.78 is 5.74. The molecule has 0 aliphatic rings. The lowest BCUT2D eigenvalue weighted by Crippen LogP contribution is -2.56. The van der Waals surface area contributed by atoms with Crippen molar-refractivity contribution < 1.29 is 19.4 Å². The van der Waals surface area contributed by atoms with Crippen LogP contribution in [0.15, 0.2) is 54.6 Å². The highest BCUT2D eigenvalue weighted by Crippen LogP contribution is 2.22. The summed E-state index contributed by atoms with van der Waals surface area (Å²) in [6, 6.07) is 16.1. The zero-order chi connectivity index (χ0) is 20.0. The van der Waals surface area contributed by atoms with Crippen LogP contribution in [0.25, 0.3) is 0 Å². The number of carbonyl (C=O) groups is 2. The summed E-state index contributed by atoms with van der Waals surface area (Å²) in [5.41, 5.74) is 6.62. The van der Waals surface area contributed by atoms with Gasteiger partial charge in [0.25, 0.3) is 0 Å². The normalized spacial score (nSPS) is 12.3. The molecule has 2 aromatic rings. The van der Waals surface area contributed by atoms with E-state index in [1.165, 1.54) is 0 Å². The third kappa shape index (κ3) is 5.74. The molecular formula is C21H26N2O4. The average Bonchev–Trinajstić information content (AvgIpc) is 2.60. The first-order valence-corrected chi connectivity index (χ1v) is 8.75. The monoisotopic (exact) mass is 370 g/mol. The van der Waals surface area contributed by atoms with E-state index in [0.717, 1.165) is 16.0 Å². The van der Waals surface area contributed by atoms with E-state index in [1.54, 1.807) is 32.9 Å². The summed E-state index contributed by atoms with van der Waals surface area (Å²) in [5, 5.41) is 9.53. The van der Waals surface area contributed by atoms with E-state index in [-0.39, 0.29) is 6.42 Å². The Morgan fingerprint density at radius 2 is 1.63 bits per heavy atom. The average molecular weight is 370 g/mol. The number of carbonyl (C=O) groups excluding carboxylic acids is 1. The Kier molecular flexibility index (Phi) is 6.45. The smallest absolute Gasteiger partial charge is 0.408 e. The molecule has 3 N–H and O–H groups in total. The summed E-state index contributed by atoms with van der Waals surface area (Å²) in [4.78, 5) is 24.7. The number of hydrogen-bond acceptors (Lipinski definition) is 3. The number of primary amides is 1. The van der Waals surface area contributed by atoms with Crippen LogP contribution >= 0.6 is 0 Å². The molecule has 0 bridgehead atoms. The van der Waals surface area contributed by atoms with E-state index in [1.807, 2.05) is 42.5 Å². The number of nitrogens with zero attached hydrogens (tertiary/aromatic N) is 1. The van der Waals surface area contributed by atoms with E-state index in [2.05, 4.69) is 0 Å². The molecule has 0 heterocycles. The largest absolute Gasteiger partial charge is 0.489 e. The second-order valence-corrected chi connectivity index (χ2v) is 7.36. The molecule has 0 unspecified atom stereocenters. The van der Waals surface area contributed by atoms with Crippen molar-refractivity contribution in [2.45, 2.75) is 45.4 Å². The van der Waals surface area contributed by atoms with Crippen molar-refractivity contribution in [1.29, 1.82) is 0 Å². The number of benzene rings is 2. The minimum Gasteiger partial charge on any atom is -0.489 e. The van der Waals surface area contributed by atoms with Crippen LogP contribution in [0.2, 0.25) is 0 Å². The predicted molar refractivity (Wildman–Crippen MR) is 104 cm³/mol. The minimum atomic E-state index is -1.17. The summed E-state index contributed by atoms with van der Waals surface area (Å²) in [7, 11) is 0. The number of hydrogen-bond donors (Lipinski definition) is 2. The van der Waals surface area contributed by atoms with Gasteiger partial charge in [0.15, 0.2) is 0 Å². The Morgan fingerprint density at radius 1 is 1.04 bits per heavy atom. The van der Waals surface area contributed by atoms with Crippen LogP contribution in [0.3, 0.4) is 0 Å². The first-order valence-electron chi connectivity index (χ1n) is 8.75. The van der Waals surface area contributed by atoms with Gasteiger partial charge in [0.1, 0.15) is 18.4 Å². The molecule has 0 spiro atoms. The Hall–Kier alpha value is -3.02. The van der Waals surface area contributed by atoms with Gasteiger partial charge < -0.3 is 15.6 Å². The first kappa shape index (κ1) is 20.3. The van der Waals surface area contributed by atoms with Crippen LogP contribution in [0, 0.1) is 0 Å². The number of ether oxygens (including phenoxy) is 1. The molecule has 27 heavy (non-hydrogen) atoms. The molecule has 0 aromatic heterocycles. The third-order valence-corrected chi connectivity index (χ3v) is 4.17. The zero-order valence-electron chi connectivity index (χ0n) is 15.9. The second kappa shape index (κ2) is 8.58. The van der Waals surface area contributed by atoms with Gasteiger partial charge in [0.05, 0.1) is 0 Å². The Bertz CT molecular complexity index is 767. The van der Waals surface area contributed by atoms with E-state index in [0.29, 0.717) is 12.4 Å². The number of carboxylic acid groups (broad SMARTS) is 1. The van der Waals surface area contributed by atoms with Crippen molar-refractivity contribution in [2.24, 2.45) is 5.73 Å². The maximum atomic E-state index is 11.9. The van der Waals surface area contributed by atoms with Gasteiger partial charge in [0.2, 0.25) is 5.91 Å². The van der Waals surface area contributed by atoms with Crippen molar-refractivity contribution in [3.8, 4) is 5.75 Å². The van der Waals surface area contributed by atoms with Gasteiger partial charge in [0, 0.05) is 12.0 Å².